The summed E-state index contributed by atoms with van der Waals surface area (Å²) in [5, 5.41) is 5.56. The van der Waals surface area contributed by atoms with Crippen LogP contribution in [0.5, 0.6) is 5.75 Å². The van der Waals surface area contributed by atoms with Crippen LogP contribution in [0.25, 0.3) is 0 Å². The van der Waals surface area contributed by atoms with Crippen molar-refractivity contribution in [3.8, 4) is 18.1 Å². The number of hydrogen-bond acceptors (Lipinski definition) is 4. The molecule has 7 heteroatoms. The van der Waals surface area contributed by atoms with Gasteiger partial charge in [-0.15, -0.1) is 6.42 Å². The number of nitrogens with one attached hydrogen (secondary N) is 2. The maximum Gasteiger partial charge on any atom is 0.325 e. The summed E-state index contributed by atoms with van der Waals surface area (Å²) in [4.78, 5) is 39.1. The molecule has 0 saturated carbocycles. The first-order valence-electron chi connectivity index (χ1n) is 9.06. The third-order valence-electron chi connectivity index (χ3n) is 5.42. The number of hydrogen-bond donors (Lipinski definition) is 2. The van der Waals surface area contributed by atoms with Gasteiger partial charge in [0, 0.05) is 12.0 Å². The Morgan fingerprint density at radius 2 is 2.07 bits per heavy atom. The van der Waals surface area contributed by atoms with Crippen molar-refractivity contribution in [2.75, 3.05) is 13.2 Å². The summed E-state index contributed by atoms with van der Waals surface area (Å²) in [5.74, 6) is 2.27. The van der Waals surface area contributed by atoms with Crippen LogP contribution in [0, 0.1) is 12.3 Å². The number of carbonyl (C=O) groups excluding carboxylic acids is 3. The molecule has 2 heterocycles. The van der Waals surface area contributed by atoms with Crippen LogP contribution in [0.1, 0.15) is 38.7 Å². The maximum atomic E-state index is 13.1. The number of nitrogens with zero attached hydrogens (tertiary/aromatic N) is 1. The lowest BCUT2D eigenvalue weighted by molar-refractivity contribution is -0.136. The molecule has 0 radical (unpaired) electrons. The van der Waals surface area contributed by atoms with Gasteiger partial charge in [-0.25, -0.2) is 4.79 Å². The Kier molecular flexibility index (Phi) is 4.83. The van der Waals surface area contributed by atoms with E-state index in [9.17, 15) is 14.4 Å². The van der Waals surface area contributed by atoms with Crippen LogP contribution in [-0.2, 0) is 15.1 Å². The summed E-state index contributed by atoms with van der Waals surface area (Å²) in [7, 11) is 0. The van der Waals surface area contributed by atoms with E-state index in [4.69, 9.17) is 11.2 Å². The van der Waals surface area contributed by atoms with Crippen LogP contribution < -0.4 is 15.4 Å². The molecule has 3 rings (SSSR count). The second-order valence-corrected chi connectivity index (χ2v) is 6.80. The standard InChI is InChI=1S/C20H23N3O4/c1-4-19(5-2,6-3)21-16(24)13-23-17(25)20(22-18(23)26)11-12-27-15-10-8-7-9-14(15)20/h1,7-10H,5-6,11-13H2,2-3H3,(H,21,24)(H,22,26). The van der Waals surface area contributed by atoms with E-state index in [1.54, 1.807) is 24.3 Å². The summed E-state index contributed by atoms with van der Waals surface area (Å²) < 4.78 is 5.60. The van der Waals surface area contributed by atoms with Crippen molar-refractivity contribution < 1.29 is 19.1 Å². The predicted octanol–water partition coefficient (Wildman–Crippen LogP) is 1.52. The summed E-state index contributed by atoms with van der Waals surface area (Å²) in [5.41, 5.74) is -1.36. The molecule has 4 amide bonds. The molecule has 2 aliphatic heterocycles. The third-order valence-corrected chi connectivity index (χ3v) is 5.42. The minimum Gasteiger partial charge on any atom is -0.493 e. The van der Waals surface area contributed by atoms with Crippen molar-refractivity contribution in [3.05, 3.63) is 29.8 Å². The van der Waals surface area contributed by atoms with E-state index < -0.39 is 28.9 Å². The van der Waals surface area contributed by atoms with E-state index in [1.165, 1.54) is 0 Å². The van der Waals surface area contributed by atoms with Gasteiger partial charge in [0.15, 0.2) is 5.54 Å². The van der Waals surface area contributed by atoms with Gasteiger partial charge in [0.25, 0.3) is 5.91 Å². The molecular formula is C20H23N3O4. The third kappa shape index (κ3) is 3.01. The number of rotatable bonds is 5. The zero-order valence-electron chi connectivity index (χ0n) is 15.5. The summed E-state index contributed by atoms with van der Waals surface area (Å²) in [6.45, 7) is 3.68. The molecule has 0 bridgehead atoms. The summed E-state index contributed by atoms with van der Waals surface area (Å²) in [6, 6.07) is 6.52. The fourth-order valence-corrected chi connectivity index (χ4v) is 3.63. The van der Waals surface area contributed by atoms with Crippen molar-refractivity contribution in [2.45, 2.75) is 44.2 Å². The monoisotopic (exact) mass is 369 g/mol. The summed E-state index contributed by atoms with van der Waals surface area (Å²) in [6.07, 6.45) is 6.99. The van der Waals surface area contributed by atoms with Crippen molar-refractivity contribution >= 4 is 17.8 Å². The minimum absolute atomic E-state index is 0.301. The Morgan fingerprint density at radius 1 is 1.37 bits per heavy atom. The van der Waals surface area contributed by atoms with Gasteiger partial charge < -0.3 is 15.4 Å². The molecule has 142 valence electrons. The smallest absolute Gasteiger partial charge is 0.325 e. The number of benzene rings is 1. The fraction of sp³-hybridized carbons (Fsp3) is 0.450. The van der Waals surface area contributed by atoms with E-state index in [-0.39, 0.29) is 6.54 Å². The van der Waals surface area contributed by atoms with Gasteiger partial charge in [-0.3, -0.25) is 14.5 Å². The first kappa shape index (κ1) is 18.8. The van der Waals surface area contributed by atoms with Crippen LogP contribution >= 0.6 is 0 Å². The average molecular weight is 369 g/mol. The van der Waals surface area contributed by atoms with Gasteiger partial charge in [0.05, 0.1) is 6.61 Å². The van der Waals surface area contributed by atoms with Crippen LogP contribution in [-0.4, -0.2) is 41.4 Å². The Morgan fingerprint density at radius 3 is 2.74 bits per heavy atom. The van der Waals surface area contributed by atoms with E-state index in [0.29, 0.717) is 37.2 Å². The van der Waals surface area contributed by atoms with E-state index in [1.807, 2.05) is 13.8 Å². The Balaban J connectivity index is 1.82. The molecule has 1 aromatic carbocycles. The average Bonchev–Trinajstić information content (AvgIpc) is 2.91. The lowest BCUT2D eigenvalue weighted by atomic mass is 9.84. The van der Waals surface area contributed by atoms with Gasteiger partial charge in [-0.2, -0.15) is 0 Å². The highest BCUT2D eigenvalue weighted by Crippen LogP contribution is 2.40. The molecule has 1 atom stereocenters. The lowest BCUT2D eigenvalue weighted by Crippen LogP contribution is -2.51. The fourth-order valence-electron chi connectivity index (χ4n) is 3.63. The number of terminal acetylenes is 1. The molecule has 2 N–H and O–H groups in total. The summed E-state index contributed by atoms with van der Waals surface area (Å²) >= 11 is 0. The van der Waals surface area contributed by atoms with Gasteiger partial charge in [-0.05, 0) is 18.9 Å². The molecule has 0 aromatic heterocycles. The van der Waals surface area contributed by atoms with E-state index >= 15 is 0 Å². The topological polar surface area (TPSA) is 87.7 Å². The Labute approximate surface area is 158 Å². The molecule has 27 heavy (non-hydrogen) atoms. The van der Waals surface area contributed by atoms with Crippen LogP contribution in [0.4, 0.5) is 4.79 Å². The van der Waals surface area contributed by atoms with Gasteiger partial charge >= 0.3 is 6.03 Å². The normalized spacial score (nSPS) is 21.3. The SMILES string of the molecule is C#CC(CC)(CC)NC(=O)CN1C(=O)NC2(CCOc3ccccc32)C1=O. The lowest BCUT2D eigenvalue weighted by Gasteiger charge is -2.33. The van der Waals surface area contributed by atoms with Crippen LogP contribution in [0.3, 0.4) is 0 Å². The zero-order valence-corrected chi connectivity index (χ0v) is 15.5. The van der Waals surface area contributed by atoms with Gasteiger partial charge in [0.1, 0.15) is 17.8 Å². The highest BCUT2D eigenvalue weighted by Gasteiger charge is 2.55. The number of para-hydroxylation sites is 1. The predicted molar refractivity (Wildman–Crippen MR) is 98.8 cm³/mol. The van der Waals surface area contributed by atoms with E-state index in [0.717, 1.165) is 4.90 Å². The molecule has 2 aliphatic rings. The second-order valence-electron chi connectivity index (χ2n) is 6.80. The molecule has 1 aromatic rings. The highest BCUT2D eigenvalue weighted by molar-refractivity contribution is 6.09. The first-order chi connectivity index (χ1) is 12.9. The van der Waals surface area contributed by atoms with Crippen molar-refractivity contribution in [2.24, 2.45) is 0 Å². The van der Waals surface area contributed by atoms with Crippen LogP contribution in [0.2, 0.25) is 0 Å². The number of ether oxygens (including phenoxy) is 1. The number of amides is 4. The number of fused-ring (bicyclic) bond motifs is 2. The molecule has 1 saturated heterocycles. The maximum absolute atomic E-state index is 13.1. The number of carbonyl (C=O) groups is 3. The van der Waals surface area contributed by atoms with Gasteiger partial charge in [0.2, 0.25) is 5.91 Å². The Bertz CT molecular complexity index is 825. The molecule has 1 spiro atoms. The first-order valence-corrected chi connectivity index (χ1v) is 9.06. The van der Waals surface area contributed by atoms with Crippen molar-refractivity contribution in [3.63, 3.8) is 0 Å². The molecule has 1 fully saturated rings. The second kappa shape index (κ2) is 6.95. The van der Waals surface area contributed by atoms with E-state index in [2.05, 4.69) is 16.6 Å². The molecule has 0 aliphatic carbocycles. The van der Waals surface area contributed by atoms with Gasteiger partial charge in [-0.1, -0.05) is 38.0 Å². The minimum atomic E-state index is -1.19. The number of urea groups is 1. The van der Waals surface area contributed by atoms with Crippen LogP contribution in [0.15, 0.2) is 24.3 Å². The molecule has 7 nitrogen and oxygen atoms in total. The molecule has 1 unspecified atom stereocenters. The van der Waals surface area contributed by atoms with Crippen molar-refractivity contribution in [1.29, 1.82) is 0 Å². The molecular weight excluding hydrogens is 346 g/mol. The Hall–Kier alpha value is -3.01. The zero-order chi connectivity index (χ0) is 19.7. The highest BCUT2D eigenvalue weighted by atomic mass is 16.5. The number of imide groups is 1. The largest absolute Gasteiger partial charge is 0.493 e. The van der Waals surface area contributed by atoms with Crippen molar-refractivity contribution in [1.82, 2.24) is 15.5 Å². The quantitative estimate of drug-likeness (QED) is 0.609.